The normalized spacial score (nSPS) is 18.5. The van der Waals surface area contributed by atoms with Crippen molar-refractivity contribution >= 4 is 73.8 Å². The van der Waals surface area contributed by atoms with Crippen LogP contribution >= 0.6 is 35.2 Å². The Kier molecular flexibility index (Phi) is 7.00. The third-order valence-corrected chi connectivity index (χ3v) is 14.4. The summed E-state index contributed by atoms with van der Waals surface area (Å²) in [4.78, 5) is 41.6. The topological polar surface area (TPSA) is 107 Å². The summed E-state index contributed by atoms with van der Waals surface area (Å²) < 4.78 is 75.1. The smallest absolute Gasteiger partial charge is 0.352 e. The molecule has 2 bridgehead atoms. The highest BCUT2D eigenvalue weighted by Gasteiger charge is 2.35. The zero-order valence-corrected chi connectivity index (χ0v) is 25.7. The van der Waals surface area contributed by atoms with Crippen LogP contribution in [0.15, 0.2) is 74.0 Å². The van der Waals surface area contributed by atoms with Crippen LogP contribution in [0.4, 0.5) is 34.6 Å². The second-order valence-corrected chi connectivity index (χ2v) is 19.3. The lowest BCUT2D eigenvalue weighted by Crippen LogP contribution is -2.41. The Balaban J connectivity index is 1.78. The van der Waals surface area contributed by atoms with E-state index in [1.165, 1.54) is 36.4 Å². The van der Waals surface area contributed by atoms with Crippen LogP contribution in [-0.2, 0) is 6.77 Å². The molecule has 6 rings (SSSR count). The van der Waals surface area contributed by atoms with Crippen molar-refractivity contribution in [1.29, 1.82) is 0 Å². The molecule has 1 atom stereocenters. The van der Waals surface area contributed by atoms with E-state index in [1.54, 1.807) is 6.07 Å². The van der Waals surface area contributed by atoms with E-state index in [-0.39, 0.29) is 37.5 Å². The van der Waals surface area contributed by atoms with Gasteiger partial charge < -0.3 is 10.0 Å². The summed E-state index contributed by atoms with van der Waals surface area (Å²) in [5.74, 6) is -2.37. The van der Waals surface area contributed by atoms with Crippen molar-refractivity contribution in [2.45, 2.75) is 25.1 Å². The van der Waals surface area contributed by atoms with Crippen LogP contribution in [0.1, 0.15) is 18.9 Å². The van der Waals surface area contributed by atoms with Gasteiger partial charge in [-0.05, 0) is 49.2 Å². The van der Waals surface area contributed by atoms with Crippen LogP contribution in [0.2, 0.25) is 0 Å². The molecular weight excluding hydrogens is 761 g/mol. The standard InChI is InChI=1S/C26H19BrF4IN5O4S/c1-13-32-42(41,12-26(29,30)31)34-15-3-2-4-17(10-15)36-23-22(24(39)37(25(36)40)16-6-7-16)20(11-21(38)35(13)23)33-19-8-5-14(27)9-18(19)28/h2-5,8-11,16,33H,1,6-7,12H2,(H,34,41). The molecule has 16 heteroatoms. The number of anilines is 3. The molecule has 2 aliphatic rings. The third-order valence-electron chi connectivity index (χ3n) is 6.53. The van der Waals surface area contributed by atoms with Gasteiger partial charge in [-0.3, -0.25) is 18.7 Å². The largest absolute Gasteiger partial charge is 0.401 e. The van der Waals surface area contributed by atoms with Crippen LogP contribution < -0.4 is 26.8 Å². The number of nitrogens with zero attached hydrogens (tertiary/aromatic N) is 3. The second kappa shape index (κ2) is 10.2. The molecule has 0 spiro atoms. The zero-order valence-electron chi connectivity index (χ0n) is 21.2. The Morgan fingerprint density at radius 2 is 1.81 bits per heavy atom. The number of alkyl halides is 3. The van der Waals surface area contributed by atoms with Crippen molar-refractivity contribution < 1.29 is 21.8 Å². The monoisotopic (exact) mass is 779 g/mol. The summed E-state index contributed by atoms with van der Waals surface area (Å²) in [5, 5.41) is 2.60. The number of pyridine rings is 1. The summed E-state index contributed by atoms with van der Waals surface area (Å²) >= 11 is 1.01. The molecule has 0 saturated heterocycles. The van der Waals surface area contributed by atoms with Gasteiger partial charge in [-0.1, -0.05) is 28.6 Å². The van der Waals surface area contributed by atoms with Crippen molar-refractivity contribution in [3.63, 3.8) is 0 Å². The molecule has 2 N–H and O–H groups in total. The minimum absolute atomic E-state index is 0.0560. The quantitative estimate of drug-likeness (QED) is 0.202. The van der Waals surface area contributed by atoms with E-state index in [0.29, 0.717) is 17.3 Å². The first-order valence-electron chi connectivity index (χ1n) is 12.3. The number of aromatic nitrogens is 3. The summed E-state index contributed by atoms with van der Waals surface area (Å²) in [6.07, 6.45) is -3.69. The number of benzene rings is 2. The molecule has 2 aromatic heterocycles. The molecule has 0 radical (unpaired) electrons. The van der Waals surface area contributed by atoms with Gasteiger partial charge in [0.2, 0.25) is 0 Å². The van der Waals surface area contributed by atoms with Gasteiger partial charge in [0.05, 0.1) is 27.5 Å². The summed E-state index contributed by atoms with van der Waals surface area (Å²) in [6.45, 7) is -0.0573. The molecule has 1 aliphatic carbocycles. The minimum Gasteiger partial charge on any atom is -0.352 e. The Hall–Kier alpha value is -3.25. The number of hydrogen-bond acceptors (Lipinski definition) is 5. The average Bonchev–Trinajstić information content (AvgIpc) is 3.69. The molecular formula is C26H19BrF4IN5O4S. The number of rotatable bonds is 4. The average molecular weight is 780 g/mol. The molecule has 2 aromatic carbocycles. The first-order valence-corrected chi connectivity index (χ1v) is 18.4. The van der Waals surface area contributed by atoms with E-state index in [1.807, 2.05) is 0 Å². The van der Waals surface area contributed by atoms with Crippen LogP contribution in [0.5, 0.6) is 0 Å². The first-order chi connectivity index (χ1) is 19.7. The fourth-order valence-corrected chi connectivity index (χ4v) is 12.6. The highest BCUT2D eigenvalue weighted by Crippen LogP contribution is 2.37. The molecule has 42 heavy (non-hydrogen) atoms. The summed E-state index contributed by atoms with van der Waals surface area (Å²) in [5.41, 5.74) is -2.70. The van der Waals surface area contributed by atoms with E-state index >= 15 is 0 Å². The molecule has 1 unspecified atom stereocenters. The van der Waals surface area contributed by atoms with Crippen LogP contribution in [-0.4, -0.2) is 29.8 Å². The number of halogens is 6. The van der Waals surface area contributed by atoms with Crippen molar-refractivity contribution in [2.24, 2.45) is 0 Å². The van der Waals surface area contributed by atoms with E-state index in [2.05, 4.69) is 32.5 Å². The Bertz CT molecular complexity index is 2150. The zero-order chi connectivity index (χ0) is 30.1. The highest BCUT2D eigenvalue weighted by molar-refractivity contribution is 14.2. The van der Waals surface area contributed by atoms with Crippen LogP contribution in [0.3, 0.4) is 0 Å². The molecule has 220 valence electrons. The van der Waals surface area contributed by atoms with Crippen molar-refractivity contribution in [1.82, 2.24) is 13.7 Å². The number of fused-ring (bicyclic) bond motifs is 3. The summed E-state index contributed by atoms with van der Waals surface area (Å²) in [7, 11) is 0. The predicted molar refractivity (Wildman–Crippen MR) is 166 cm³/mol. The molecule has 1 fully saturated rings. The van der Waals surface area contributed by atoms with Gasteiger partial charge in [0.15, 0.2) is 0 Å². The second-order valence-electron chi connectivity index (χ2n) is 9.66. The van der Waals surface area contributed by atoms with Crippen LogP contribution in [0, 0.1) is 5.82 Å². The maximum Gasteiger partial charge on any atom is 0.401 e. The van der Waals surface area contributed by atoms with Gasteiger partial charge in [0.1, 0.15) is 22.6 Å². The maximum absolute atomic E-state index is 14.8. The lowest BCUT2D eigenvalue weighted by atomic mass is 10.2. The lowest BCUT2D eigenvalue weighted by Gasteiger charge is -2.23. The number of nitrogens with one attached hydrogen (secondary N) is 2. The SMILES string of the molecule is C=C1I=S(=O)(CC(F)(F)F)Nc2cccc(c2)-n2c(=O)n(C3CC3)c(=O)c3c(Nc4ccc(Br)cc4F)cc(=O)n1c32. The Morgan fingerprint density at radius 3 is 2.48 bits per heavy atom. The molecule has 9 nitrogen and oxygen atoms in total. The van der Waals surface area contributed by atoms with Gasteiger partial charge in [-0.2, -0.15) is 13.2 Å². The molecule has 1 aliphatic heterocycles. The van der Waals surface area contributed by atoms with Gasteiger partial charge in [0.25, 0.3) is 11.1 Å². The van der Waals surface area contributed by atoms with Gasteiger partial charge >= 0.3 is 11.9 Å². The minimum atomic E-state index is -4.80. The van der Waals surface area contributed by atoms with Crippen molar-refractivity contribution in [3.05, 3.63) is 96.6 Å². The van der Waals surface area contributed by atoms with Crippen molar-refractivity contribution in [3.8, 4) is 5.69 Å². The maximum atomic E-state index is 14.8. The highest BCUT2D eigenvalue weighted by atomic mass is 127. The molecule has 4 aromatic rings. The first kappa shape index (κ1) is 28.9. The lowest BCUT2D eigenvalue weighted by molar-refractivity contribution is -0.105. The van der Waals surface area contributed by atoms with Crippen LogP contribution in [0.25, 0.3) is 20.4 Å². The van der Waals surface area contributed by atoms with Gasteiger partial charge in [-0.25, -0.2) is 18.0 Å². The van der Waals surface area contributed by atoms with Gasteiger partial charge in [0, 0.05) is 41.5 Å². The van der Waals surface area contributed by atoms with E-state index < -0.39 is 66.6 Å². The van der Waals surface area contributed by atoms with E-state index in [4.69, 9.17) is 0 Å². The Labute approximate surface area is 251 Å². The van der Waals surface area contributed by atoms with E-state index in [0.717, 1.165) is 19.8 Å². The van der Waals surface area contributed by atoms with E-state index in [9.17, 15) is 36.2 Å². The third kappa shape index (κ3) is 5.23. The molecule has 1 saturated carbocycles. The van der Waals surface area contributed by atoms with Gasteiger partial charge in [-0.15, -0.1) is 0 Å². The molecule has 0 amide bonds. The predicted octanol–water partition coefficient (Wildman–Crippen LogP) is 5.80. The van der Waals surface area contributed by atoms with Crippen molar-refractivity contribution in [2.75, 3.05) is 15.8 Å². The molecule has 3 heterocycles. The number of hydrogen-bond donors (Lipinski definition) is 2. The Morgan fingerprint density at radius 1 is 1.07 bits per heavy atom. The summed E-state index contributed by atoms with van der Waals surface area (Å²) in [6, 6.07) is 10.4. The fraction of sp³-hybridized carbons (Fsp3) is 0.192. The fourth-order valence-electron chi connectivity index (χ4n) is 4.74.